The van der Waals surface area contributed by atoms with Gasteiger partial charge >= 0.3 is 0 Å². The summed E-state index contributed by atoms with van der Waals surface area (Å²) in [6, 6.07) is 10.2. The number of fused-ring (bicyclic) bond motifs is 1. The number of hydrogen-bond acceptors (Lipinski definition) is 7. The van der Waals surface area contributed by atoms with E-state index in [0.29, 0.717) is 48.1 Å². The van der Waals surface area contributed by atoms with Gasteiger partial charge in [-0.3, -0.25) is 14.7 Å². The minimum Gasteiger partial charge on any atom is -0.496 e. The van der Waals surface area contributed by atoms with Gasteiger partial charge in [0.25, 0.3) is 5.91 Å². The lowest BCUT2D eigenvalue weighted by atomic mass is 10.0. The van der Waals surface area contributed by atoms with Crippen molar-refractivity contribution in [2.75, 3.05) is 38.8 Å². The Labute approximate surface area is 197 Å². The van der Waals surface area contributed by atoms with Gasteiger partial charge in [0, 0.05) is 36.0 Å². The van der Waals surface area contributed by atoms with Crippen molar-refractivity contribution in [2.45, 2.75) is 19.1 Å². The molecular formula is C25H26FN5O3. The Morgan fingerprint density at radius 1 is 1.29 bits per heavy atom. The molecule has 3 aromatic rings. The highest BCUT2D eigenvalue weighted by molar-refractivity contribution is 6.11. The molecule has 1 atom stereocenters. The monoisotopic (exact) mass is 463 g/mol. The Morgan fingerprint density at radius 3 is 2.94 bits per heavy atom. The van der Waals surface area contributed by atoms with Crippen molar-refractivity contribution >= 4 is 11.7 Å². The van der Waals surface area contributed by atoms with Crippen LogP contribution in [0.3, 0.4) is 0 Å². The van der Waals surface area contributed by atoms with Crippen LogP contribution >= 0.6 is 0 Å². The molecule has 9 heteroatoms. The zero-order chi connectivity index (χ0) is 23.7. The van der Waals surface area contributed by atoms with Crippen LogP contribution in [-0.4, -0.2) is 49.8 Å². The second-order valence-electron chi connectivity index (χ2n) is 8.22. The predicted molar refractivity (Wildman–Crippen MR) is 125 cm³/mol. The van der Waals surface area contributed by atoms with Crippen molar-refractivity contribution in [2.24, 2.45) is 0 Å². The van der Waals surface area contributed by atoms with E-state index < -0.39 is 5.82 Å². The van der Waals surface area contributed by atoms with Crippen molar-refractivity contribution in [3.63, 3.8) is 0 Å². The van der Waals surface area contributed by atoms with Gasteiger partial charge < -0.3 is 20.1 Å². The Kier molecular flexibility index (Phi) is 6.23. The van der Waals surface area contributed by atoms with Gasteiger partial charge in [-0.25, -0.2) is 9.37 Å². The van der Waals surface area contributed by atoms with E-state index in [1.54, 1.807) is 23.1 Å². The molecule has 0 bridgehead atoms. The molecule has 5 rings (SSSR count). The molecule has 1 saturated heterocycles. The molecule has 0 saturated carbocycles. The summed E-state index contributed by atoms with van der Waals surface area (Å²) in [4.78, 5) is 24.5. The largest absolute Gasteiger partial charge is 0.496 e. The molecule has 1 amide bonds. The smallest absolute Gasteiger partial charge is 0.260 e. The topological polar surface area (TPSA) is 88.6 Å². The molecule has 2 aromatic heterocycles. The maximum atomic E-state index is 14.9. The highest BCUT2D eigenvalue weighted by Gasteiger charge is 2.36. The third kappa shape index (κ3) is 3.91. The normalized spacial score (nSPS) is 17.7. The van der Waals surface area contributed by atoms with E-state index in [4.69, 9.17) is 14.5 Å². The van der Waals surface area contributed by atoms with Gasteiger partial charge in [0.05, 0.1) is 49.9 Å². The van der Waals surface area contributed by atoms with Crippen molar-refractivity contribution in [3.8, 4) is 17.0 Å². The summed E-state index contributed by atoms with van der Waals surface area (Å²) in [6.45, 7) is 2.65. The van der Waals surface area contributed by atoms with Gasteiger partial charge in [-0.05, 0) is 31.3 Å². The van der Waals surface area contributed by atoms with Crippen molar-refractivity contribution in [1.29, 1.82) is 0 Å². The maximum absolute atomic E-state index is 14.9. The first-order chi connectivity index (χ1) is 16.6. The first kappa shape index (κ1) is 22.4. The number of aromatic nitrogens is 2. The molecule has 1 aromatic carbocycles. The van der Waals surface area contributed by atoms with Crippen LogP contribution in [-0.2, 0) is 17.8 Å². The van der Waals surface area contributed by atoms with E-state index in [-0.39, 0.29) is 24.1 Å². The maximum Gasteiger partial charge on any atom is 0.260 e. The average Bonchev–Trinajstić information content (AvgIpc) is 3.21. The Hall–Kier alpha value is -3.40. The molecule has 0 spiro atoms. The van der Waals surface area contributed by atoms with Crippen molar-refractivity contribution in [3.05, 3.63) is 70.8 Å². The lowest BCUT2D eigenvalue weighted by molar-refractivity contribution is 0.0767. The number of halogens is 1. The van der Waals surface area contributed by atoms with Crippen LogP contribution in [0.4, 0.5) is 10.2 Å². The zero-order valence-corrected chi connectivity index (χ0v) is 19.1. The molecule has 34 heavy (non-hydrogen) atoms. The number of morpholine rings is 1. The van der Waals surface area contributed by atoms with Gasteiger partial charge in [-0.1, -0.05) is 12.1 Å². The number of methoxy groups -OCH3 is 1. The van der Waals surface area contributed by atoms with Crippen molar-refractivity contribution in [1.82, 2.24) is 20.6 Å². The summed E-state index contributed by atoms with van der Waals surface area (Å²) in [7, 11) is 3.34. The average molecular weight is 464 g/mol. The molecule has 1 unspecified atom stereocenters. The number of carbonyl (C=O) groups excluding carboxylic acids is 1. The summed E-state index contributed by atoms with van der Waals surface area (Å²) in [5, 5.41) is 6.56. The Morgan fingerprint density at radius 2 is 2.18 bits per heavy atom. The third-order valence-electron chi connectivity index (χ3n) is 6.15. The minimum atomic E-state index is -0.454. The molecular weight excluding hydrogens is 437 g/mol. The van der Waals surface area contributed by atoms with E-state index >= 15 is 0 Å². The van der Waals surface area contributed by atoms with Gasteiger partial charge in [-0.15, -0.1) is 0 Å². The van der Waals surface area contributed by atoms with E-state index in [9.17, 15) is 9.18 Å². The summed E-state index contributed by atoms with van der Waals surface area (Å²) in [5.74, 6) is 0.291. The molecule has 2 N–H and O–H groups in total. The number of ether oxygens (including phenoxy) is 2. The standard InChI is InChI=1S/C25H26FN5O3/c1-27-12-15-6-7-17(20-14-34-11-10-28-20)24(30-15)31-13-18-16(25(31)32)8-9-29-23(18)22-19(26)4-3-5-21(22)33-2/h3-9,20,27-28H,10-14H2,1-2H3. The van der Waals surface area contributed by atoms with E-state index in [2.05, 4.69) is 15.6 Å². The lowest BCUT2D eigenvalue weighted by Gasteiger charge is -2.28. The highest BCUT2D eigenvalue weighted by atomic mass is 19.1. The first-order valence-corrected chi connectivity index (χ1v) is 11.2. The molecule has 4 heterocycles. The zero-order valence-electron chi connectivity index (χ0n) is 19.1. The highest BCUT2D eigenvalue weighted by Crippen LogP contribution is 2.39. The molecule has 2 aliphatic heterocycles. The van der Waals surface area contributed by atoms with Crippen LogP contribution in [0.2, 0.25) is 0 Å². The van der Waals surface area contributed by atoms with Crippen LogP contribution in [0.15, 0.2) is 42.6 Å². The molecule has 1 fully saturated rings. The number of nitrogens with one attached hydrogen (secondary N) is 2. The lowest BCUT2D eigenvalue weighted by Crippen LogP contribution is -2.36. The van der Waals surface area contributed by atoms with Gasteiger partial charge in [0.2, 0.25) is 0 Å². The number of amides is 1. The van der Waals surface area contributed by atoms with Crippen LogP contribution in [0.5, 0.6) is 5.75 Å². The van der Waals surface area contributed by atoms with E-state index in [0.717, 1.165) is 17.8 Å². The number of anilines is 1. The third-order valence-corrected chi connectivity index (χ3v) is 6.15. The quantitative estimate of drug-likeness (QED) is 0.581. The van der Waals surface area contributed by atoms with Crippen LogP contribution in [0.1, 0.15) is 33.2 Å². The van der Waals surface area contributed by atoms with E-state index in [1.807, 2.05) is 19.2 Å². The Bertz CT molecular complexity index is 1230. The van der Waals surface area contributed by atoms with Crippen molar-refractivity contribution < 1.29 is 18.7 Å². The summed E-state index contributed by atoms with van der Waals surface area (Å²) < 4.78 is 26.0. The molecule has 0 radical (unpaired) electrons. The fourth-order valence-corrected chi connectivity index (χ4v) is 4.55. The number of carbonyl (C=O) groups is 1. The summed E-state index contributed by atoms with van der Waals surface area (Å²) in [5.41, 5.74) is 3.48. The molecule has 8 nitrogen and oxygen atoms in total. The molecule has 2 aliphatic rings. The SMILES string of the molecule is CNCc1ccc(C2COCCN2)c(N2Cc3c(ccnc3-c3c(F)cccc3OC)C2=O)n1. The molecule has 176 valence electrons. The summed E-state index contributed by atoms with van der Waals surface area (Å²) in [6.07, 6.45) is 1.53. The van der Waals surface area contributed by atoms with Crippen LogP contribution in [0.25, 0.3) is 11.3 Å². The number of benzene rings is 1. The van der Waals surface area contributed by atoms with Gasteiger partial charge in [-0.2, -0.15) is 0 Å². The van der Waals surface area contributed by atoms with Crippen LogP contribution in [0, 0.1) is 5.82 Å². The molecule has 0 aliphatic carbocycles. The Balaban J connectivity index is 1.60. The fraction of sp³-hybridized carbons (Fsp3) is 0.320. The number of hydrogen-bond donors (Lipinski definition) is 2. The number of pyridine rings is 2. The second kappa shape index (κ2) is 9.46. The van der Waals surface area contributed by atoms with Gasteiger partial charge in [0.15, 0.2) is 0 Å². The second-order valence-corrected chi connectivity index (χ2v) is 8.22. The van der Waals surface area contributed by atoms with E-state index in [1.165, 1.54) is 19.4 Å². The number of nitrogens with zero attached hydrogens (tertiary/aromatic N) is 3. The predicted octanol–water partition coefficient (Wildman–Crippen LogP) is 2.83. The number of rotatable bonds is 6. The summed E-state index contributed by atoms with van der Waals surface area (Å²) >= 11 is 0. The van der Waals surface area contributed by atoms with Gasteiger partial charge in [0.1, 0.15) is 17.4 Å². The van der Waals surface area contributed by atoms with Crippen LogP contribution < -0.4 is 20.3 Å². The fourth-order valence-electron chi connectivity index (χ4n) is 4.55. The first-order valence-electron chi connectivity index (χ1n) is 11.2. The minimum absolute atomic E-state index is 0.0827.